The quantitative estimate of drug-likeness (QED) is 0.760. The maximum absolute atomic E-state index is 12.0. The van der Waals surface area contributed by atoms with Crippen LogP contribution in [0, 0.1) is 0 Å². The Hall–Kier alpha value is -1.71. The molecule has 3 N–H and O–H groups in total. The van der Waals surface area contributed by atoms with E-state index in [2.05, 4.69) is 5.32 Å². The molecule has 4 heteroatoms. The Morgan fingerprint density at radius 1 is 1.50 bits per heavy atom. The largest absolute Gasteiger partial charge is 0.496 e. The highest BCUT2D eigenvalue weighted by Crippen LogP contribution is 2.35. The molecule has 0 bridgehead atoms. The zero-order valence-corrected chi connectivity index (χ0v) is 9.54. The number of anilines is 1. The number of methoxy groups -OCH3 is 1. The number of nitrogens with two attached hydrogens (primary N) is 1. The first-order chi connectivity index (χ1) is 7.54. The van der Waals surface area contributed by atoms with Crippen molar-refractivity contribution in [3.63, 3.8) is 0 Å². The van der Waals surface area contributed by atoms with Crippen LogP contribution in [0.3, 0.4) is 0 Å². The normalized spacial score (nSPS) is 16.6. The minimum Gasteiger partial charge on any atom is -0.496 e. The predicted octanol–water partition coefficient (Wildman–Crippen LogP) is 1.56. The molecule has 0 radical (unpaired) electrons. The van der Waals surface area contributed by atoms with Crippen molar-refractivity contribution >= 4 is 11.6 Å². The van der Waals surface area contributed by atoms with Crippen LogP contribution >= 0.6 is 0 Å². The van der Waals surface area contributed by atoms with Crippen LogP contribution in [0.1, 0.15) is 30.1 Å². The number of benzene rings is 1. The number of carbonyl (C=O) groups is 1. The number of carbonyl (C=O) groups excluding carboxylic acids is 1. The third-order valence-corrected chi connectivity index (χ3v) is 2.88. The number of nitrogen functional groups attached to an aromatic ring is 1. The topological polar surface area (TPSA) is 64.3 Å². The van der Waals surface area contributed by atoms with E-state index >= 15 is 0 Å². The maximum atomic E-state index is 12.0. The van der Waals surface area contributed by atoms with E-state index in [-0.39, 0.29) is 11.4 Å². The molecule has 16 heavy (non-hydrogen) atoms. The fraction of sp³-hybridized carbons (Fsp3) is 0.417. The van der Waals surface area contributed by atoms with Crippen LogP contribution in [0.5, 0.6) is 5.75 Å². The first kappa shape index (κ1) is 10.8. The molecule has 1 saturated carbocycles. The van der Waals surface area contributed by atoms with Crippen molar-refractivity contribution in [1.29, 1.82) is 0 Å². The number of hydrogen-bond acceptors (Lipinski definition) is 3. The number of hydrogen-bond donors (Lipinski definition) is 2. The third-order valence-electron chi connectivity index (χ3n) is 2.88. The molecule has 1 fully saturated rings. The van der Waals surface area contributed by atoms with E-state index in [0.29, 0.717) is 17.0 Å². The number of ether oxygens (including phenoxy) is 1. The van der Waals surface area contributed by atoms with Crippen molar-refractivity contribution < 1.29 is 9.53 Å². The average Bonchev–Trinajstić information content (AvgIpc) is 2.96. The summed E-state index contributed by atoms with van der Waals surface area (Å²) >= 11 is 0. The molecule has 4 nitrogen and oxygen atoms in total. The number of nitrogens with one attached hydrogen (secondary N) is 1. The number of rotatable bonds is 3. The van der Waals surface area contributed by atoms with Gasteiger partial charge >= 0.3 is 0 Å². The summed E-state index contributed by atoms with van der Waals surface area (Å²) in [6, 6.07) is 5.06. The fourth-order valence-corrected chi connectivity index (χ4v) is 1.56. The van der Waals surface area contributed by atoms with Gasteiger partial charge in [0.25, 0.3) is 5.91 Å². The van der Waals surface area contributed by atoms with E-state index < -0.39 is 0 Å². The molecule has 2 rings (SSSR count). The Balaban J connectivity index is 2.24. The van der Waals surface area contributed by atoms with E-state index in [1.807, 2.05) is 6.92 Å². The molecule has 1 aromatic rings. The molecule has 0 spiro atoms. The van der Waals surface area contributed by atoms with Crippen LogP contribution in [0.15, 0.2) is 18.2 Å². The summed E-state index contributed by atoms with van der Waals surface area (Å²) < 4.78 is 5.14. The zero-order chi connectivity index (χ0) is 11.8. The third kappa shape index (κ3) is 2.10. The zero-order valence-electron chi connectivity index (χ0n) is 9.54. The van der Waals surface area contributed by atoms with Gasteiger partial charge in [-0.3, -0.25) is 4.79 Å². The summed E-state index contributed by atoms with van der Waals surface area (Å²) in [7, 11) is 1.54. The molecule has 1 aliphatic rings. The first-order valence-electron chi connectivity index (χ1n) is 5.30. The molecule has 0 aromatic heterocycles. The highest BCUT2D eigenvalue weighted by atomic mass is 16.5. The fourth-order valence-electron chi connectivity index (χ4n) is 1.56. The van der Waals surface area contributed by atoms with E-state index in [0.717, 1.165) is 12.8 Å². The van der Waals surface area contributed by atoms with Crippen LogP contribution in [0.4, 0.5) is 5.69 Å². The summed E-state index contributed by atoms with van der Waals surface area (Å²) in [5, 5.41) is 2.97. The summed E-state index contributed by atoms with van der Waals surface area (Å²) in [6.07, 6.45) is 2.06. The average molecular weight is 220 g/mol. The van der Waals surface area contributed by atoms with Crippen molar-refractivity contribution in [2.75, 3.05) is 12.8 Å². The lowest BCUT2D eigenvalue weighted by molar-refractivity contribution is 0.0932. The molecular weight excluding hydrogens is 204 g/mol. The van der Waals surface area contributed by atoms with Gasteiger partial charge in [-0.25, -0.2) is 0 Å². The van der Waals surface area contributed by atoms with Gasteiger partial charge in [0.05, 0.1) is 12.7 Å². The van der Waals surface area contributed by atoms with Crippen molar-refractivity contribution in [3.8, 4) is 5.75 Å². The standard InChI is InChI=1S/C12H16N2O2/c1-12(5-6-12)14-11(15)9-7-8(13)3-4-10(9)16-2/h3-4,7H,5-6,13H2,1-2H3,(H,14,15). The van der Waals surface area contributed by atoms with Crippen LogP contribution in [0.2, 0.25) is 0 Å². The van der Waals surface area contributed by atoms with Crippen molar-refractivity contribution in [1.82, 2.24) is 5.32 Å². The lowest BCUT2D eigenvalue weighted by atomic mass is 10.1. The van der Waals surface area contributed by atoms with Gasteiger partial charge in [0.15, 0.2) is 0 Å². The summed E-state index contributed by atoms with van der Waals surface area (Å²) in [5.74, 6) is 0.431. The van der Waals surface area contributed by atoms with Gasteiger partial charge < -0.3 is 15.8 Å². The Bertz CT molecular complexity index is 425. The van der Waals surface area contributed by atoms with Gasteiger partial charge in [0.2, 0.25) is 0 Å². The molecular formula is C12H16N2O2. The second-order valence-electron chi connectivity index (χ2n) is 4.47. The van der Waals surface area contributed by atoms with Crippen LogP contribution < -0.4 is 15.8 Å². The molecule has 0 unspecified atom stereocenters. The molecule has 1 amide bonds. The van der Waals surface area contributed by atoms with Gasteiger partial charge in [-0.05, 0) is 38.0 Å². The smallest absolute Gasteiger partial charge is 0.255 e. The summed E-state index contributed by atoms with van der Waals surface area (Å²) in [5.41, 5.74) is 6.69. The van der Waals surface area contributed by atoms with Crippen LogP contribution in [-0.2, 0) is 0 Å². The molecule has 1 aromatic carbocycles. The molecule has 0 saturated heterocycles. The first-order valence-corrected chi connectivity index (χ1v) is 5.30. The molecule has 0 atom stereocenters. The van der Waals surface area contributed by atoms with Crippen LogP contribution in [-0.4, -0.2) is 18.6 Å². The van der Waals surface area contributed by atoms with Gasteiger partial charge in [-0.15, -0.1) is 0 Å². The summed E-state index contributed by atoms with van der Waals surface area (Å²) in [6.45, 7) is 2.03. The van der Waals surface area contributed by atoms with Gasteiger partial charge in [0, 0.05) is 11.2 Å². The highest BCUT2D eigenvalue weighted by molar-refractivity contribution is 5.98. The van der Waals surface area contributed by atoms with E-state index in [1.165, 1.54) is 0 Å². The maximum Gasteiger partial charge on any atom is 0.255 e. The lowest BCUT2D eigenvalue weighted by Gasteiger charge is -2.14. The van der Waals surface area contributed by atoms with Crippen LogP contribution in [0.25, 0.3) is 0 Å². The monoisotopic (exact) mass is 220 g/mol. The highest BCUT2D eigenvalue weighted by Gasteiger charge is 2.39. The Morgan fingerprint density at radius 2 is 2.19 bits per heavy atom. The van der Waals surface area contributed by atoms with E-state index in [9.17, 15) is 4.79 Å². The minimum atomic E-state index is -0.121. The van der Waals surface area contributed by atoms with Gasteiger partial charge in [-0.2, -0.15) is 0 Å². The Morgan fingerprint density at radius 3 is 2.75 bits per heavy atom. The van der Waals surface area contributed by atoms with Crippen molar-refractivity contribution in [2.24, 2.45) is 0 Å². The second-order valence-corrected chi connectivity index (χ2v) is 4.47. The molecule has 0 aliphatic heterocycles. The number of amides is 1. The predicted molar refractivity (Wildman–Crippen MR) is 62.5 cm³/mol. The Labute approximate surface area is 94.8 Å². The minimum absolute atomic E-state index is 0.0350. The molecule has 0 heterocycles. The SMILES string of the molecule is COc1ccc(N)cc1C(=O)NC1(C)CC1. The Kier molecular flexibility index (Phi) is 2.50. The van der Waals surface area contributed by atoms with Crippen molar-refractivity contribution in [2.45, 2.75) is 25.3 Å². The second kappa shape index (κ2) is 3.70. The van der Waals surface area contributed by atoms with Gasteiger partial charge in [0.1, 0.15) is 5.75 Å². The summed E-state index contributed by atoms with van der Waals surface area (Å²) in [4.78, 5) is 12.0. The van der Waals surface area contributed by atoms with Crippen molar-refractivity contribution in [3.05, 3.63) is 23.8 Å². The van der Waals surface area contributed by atoms with Gasteiger partial charge in [-0.1, -0.05) is 0 Å². The van der Waals surface area contributed by atoms with E-state index in [4.69, 9.17) is 10.5 Å². The molecule has 1 aliphatic carbocycles. The lowest BCUT2D eigenvalue weighted by Crippen LogP contribution is -2.34. The molecule has 86 valence electrons. The van der Waals surface area contributed by atoms with E-state index in [1.54, 1.807) is 25.3 Å².